The molecule has 1 amide bonds. The molecule has 0 atom stereocenters. The van der Waals surface area contributed by atoms with Gasteiger partial charge in [-0.1, -0.05) is 59.6 Å². The molecule has 11 heteroatoms. The molecule has 0 saturated carbocycles. The number of benzene rings is 3. The first kappa shape index (κ1) is 25.8. The average molecular weight is 568 g/mol. The molecule has 1 fully saturated rings. The number of thioether (sulfide) groups is 1. The van der Waals surface area contributed by atoms with Gasteiger partial charge in [0.2, 0.25) is 0 Å². The highest BCUT2D eigenvalue weighted by Crippen LogP contribution is 2.36. The van der Waals surface area contributed by atoms with E-state index in [-0.39, 0.29) is 30.4 Å². The third kappa shape index (κ3) is 5.54. The minimum absolute atomic E-state index is 0.0386. The van der Waals surface area contributed by atoms with Crippen molar-refractivity contribution in [3.8, 4) is 22.6 Å². The van der Waals surface area contributed by atoms with Crippen molar-refractivity contribution in [2.75, 3.05) is 13.7 Å². The van der Waals surface area contributed by atoms with Crippen LogP contribution in [-0.4, -0.2) is 34.8 Å². The molecule has 1 saturated heterocycles. The number of amides is 1. The lowest BCUT2D eigenvalue weighted by Crippen LogP contribution is -2.31. The zero-order chi connectivity index (χ0) is 26.8. The summed E-state index contributed by atoms with van der Waals surface area (Å²) in [4.78, 5) is 38.7. The number of methoxy groups -OCH3 is 1. The van der Waals surface area contributed by atoms with E-state index in [0.29, 0.717) is 36.4 Å². The molecule has 7 nitrogen and oxygen atoms in total. The van der Waals surface area contributed by atoms with Gasteiger partial charge in [-0.15, -0.1) is 0 Å². The van der Waals surface area contributed by atoms with Gasteiger partial charge < -0.3 is 13.9 Å². The number of esters is 1. The van der Waals surface area contributed by atoms with Crippen molar-refractivity contribution in [1.82, 2.24) is 4.90 Å². The van der Waals surface area contributed by atoms with Crippen LogP contribution in [0.2, 0.25) is 0 Å². The molecule has 0 N–H and O–H groups in total. The second-order valence-corrected chi connectivity index (χ2v) is 10.7. The van der Waals surface area contributed by atoms with E-state index in [4.69, 9.17) is 26.1 Å². The van der Waals surface area contributed by atoms with Gasteiger partial charge in [-0.3, -0.25) is 14.5 Å². The van der Waals surface area contributed by atoms with Gasteiger partial charge in [-0.2, -0.15) is 0 Å². The van der Waals surface area contributed by atoms with Crippen LogP contribution >= 0.6 is 35.3 Å². The fourth-order valence-corrected chi connectivity index (χ4v) is 5.82. The molecular formula is C27H18FNO6S3. The van der Waals surface area contributed by atoms with Crippen LogP contribution in [0.4, 0.5) is 4.39 Å². The van der Waals surface area contributed by atoms with Crippen LogP contribution in [0.1, 0.15) is 12.0 Å². The summed E-state index contributed by atoms with van der Waals surface area (Å²) in [7, 11) is 1.56. The maximum absolute atomic E-state index is 13.2. The van der Waals surface area contributed by atoms with Gasteiger partial charge in [-0.05, 0) is 47.5 Å². The Hall–Kier alpha value is -3.80. The van der Waals surface area contributed by atoms with Crippen LogP contribution in [0.15, 0.2) is 74.8 Å². The largest absolute Gasteiger partial charge is 0.497 e. The maximum Gasteiger partial charge on any atom is 0.396 e. The first-order valence-corrected chi connectivity index (χ1v) is 13.3. The summed E-state index contributed by atoms with van der Waals surface area (Å²) in [6, 6.07) is 16.1. The molecule has 1 aliphatic rings. The summed E-state index contributed by atoms with van der Waals surface area (Å²) in [5.74, 6) is -0.360. The Balaban J connectivity index is 1.30. The quantitative estimate of drug-likeness (QED) is 0.119. The molecule has 38 heavy (non-hydrogen) atoms. The van der Waals surface area contributed by atoms with E-state index in [1.54, 1.807) is 49.6 Å². The molecule has 0 unspecified atom stereocenters. The van der Waals surface area contributed by atoms with Crippen LogP contribution in [0, 0.1) is 5.82 Å². The van der Waals surface area contributed by atoms with Crippen LogP contribution in [0.25, 0.3) is 27.5 Å². The Bertz CT molecular complexity index is 1640. The molecule has 5 rings (SSSR count). The van der Waals surface area contributed by atoms with Crippen LogP contribution < -0.4 is 14.4 Å². The highest BCUT2D eigenvalue weighted by atomic mass is 32.2. The fraction of sp³-hybridized carbons (Fsp3) is 0.111. The molecular weight excluding hydrogens is 549 g/mol. The SMILES string of the molecule is COc1ccc(-c2cc(OC(=O)CCN3C(=O)/C(=C/c4ccc(F)cc4)SC3=S)cc3sc(=O)oc23)cc1. The van der Waals surface area contributed by atoms with Crippen LogP contribution in [-0.2, 0) is 9.59 Å². The Labute approximate surface area is 229 Å². The molecule has 1 aliphatic heterocycles. The van der Waals surface area contributed by atoms with Crippen molar-refractivity contribution < 1.29 is 27.9 Å². The molecule has 3 aromatic carbocycles. The Morgan fingerprint density at radius 2 is 1.82 bits per heavy atom. The summed E-state index contributed by atoms with van der Waals surface area (Å²) < 4.78 is 30.2. The first-order chi connectivity index (χ1) is 18.3. The number of nitrogens with zero attached hydrogens (tertiary/aromatic N) is 1. The number of hydrogen-bond acceptors (Lipinski definition) is 9. The van der Waals surface area contributed by atoms with Crippen molar-refractivity contribution in [1.29, 1.82) is 0 Å². The molecule has 0 radical (unpaired) electrons. The lowest BCUT2D eigenvalue weighted by Gasteiger charge is -2.14. The third-order valence-corrected chi connectivity index (χ3v) is 7.77. The second-order valence-electron chi connectivity index (χ2n) is 8.09. The lowest BCUT2D eigenvalue weighted by molar-refractivity contribution is -0.134. The molecule has 0 bridgehead atoms. The topological polar surface area (TPSA) is 86.0 Å². The molecule has 4 aromatic rings. The predicted octanol–water partition coefficient (Wildman–Crippen LogP) is 5.87. The van der Waals surface area contributed by atoms with Crippen molar-refractivity contribution in [2.24, 2.45) is 0 Å². The maximum atomic E-state index is 13.2. The summed E-state index contributed by atoms with van der Waals surface area (Å²) >= 11 is 7.35. The van der Waals surface area contributed by atoms with E-state index < -0.39 is 10.9 Å². The standard InChI is InChI=1S/C27H18FNO6S3/c1-33-18-8-4-16(5-9-18)20-13-19(14-21-24(20)35-27(32)38-21)34-23(30)10-11-29-25(31)22(37-26(29)36)12-15-2-6-17(28)7-3-15/h2-9,12-14H,10-11H2,1H3/b22-12-. The average Bonchev–Trinajstić information content (AvgIpc) is 3.41. The number of ether oxygens (including phenoxy) is 2. The van der Waals surface area contributed by atoms with Crippen molar-refractivity contribution in [3.63, 3.8) is 0 Å². The normalized spacial score (nSPS) is 14.5. The van der Waals surface area contributed by atoms with Gasteiger partial charge >= 0.3 is 10.9 Å². The summed E-state index contributed by atoms with van der Waals surface area (Å²) in [5.41, 5.74) is 2.40. The van der Waals surface area contributed by atoms with E-state index in [1.165, 1.54) is 17.0 Å². The van der Waals surface area contributed by atoms with Crippen molar-refractivity contribution in [3.05, 3.63) is 86.7 Å². The Morgan fingerprint density at radius 1 is 1.08 bits per heavy atom. The minimum atomic E-state index is -0.572. The molecule has 1 aromatic heterocycles. The van der Waals surface area contributed by atoms with Gasteiger partial charge in [0.1, 0.15) is 21.6 Å². The van der Waals surface area contributed by atoms with Gasteiger partial charge in [0, 0.05) is 18.2 Å². The van der Waals surface area contributed by atoms with Crippen LogP contribution in [0.5, 0.6) is 11.5 Å². The smallest absolute Gasteiger partial charge is 0.396 e. The molecule has 2 heterocycles. The zero-order valence-corrected chi connectivity index (χ0v) is 22.2. The van der Waals surface area contributed by atoms with E-state index in [1.807, 2.05) is 12.1 Å². The number of fused-ring (bicyclic) bond motifs is 1. The number of rotatable bonds is 7. The zero-order valence-electron chi connectivity index (χ0n) is 19.8. The second kappa shape index (κ2) is 10.9. The summed E-state index contributed by atoms with van der Waals surface area (Å²) in [5, 5.41) is 0. The molecule has 192 valence electrons. The van der Waals surface area contributed by atoms with Crippen molar-refractivity contribution >= 4 is 67.9 Å². The van der Waals surface area contributed by atoms with E-state index in [0.717, 1.165) is 28.7 Å². The summed E-state index contributed by atoms with van der Waals surface area (Å²) in [6.07, 6.45) is 1.52. The predicted molar refractivity (Wildman–Crippen MR) is 149 cm³/mol. The van der Waals surface area contributed by atoms with E-state index >= 15 is 0 Å². The van der Waals surface area contributed by atoms with Gasteiger partial charge in [-0.25, -0.2) is 9.18 Å². The number of halogens is 1. The molecule has 0 spiro atoms. The molecule has 0 aliphatic carbocycles. The first-order valence-electron chi connectivity index (χ1n) is 11.2. The van der Waals surface area contributed by atoms with Crippen LogP contribution in [0.3, 0.4) is 0 Å². The van der Waals surface area contributed by atoms with Gasteiger partial charge in [0.05, 0.1) is 23.1 Å². The van der Waals surface area contributed by atoms with Gasteiger partial charge in [0.15, 0.2) is 5.58 Å². The highest BCUT2D eigenvalue weighted by molar-refractivity contribution is 8.26. The monoisotopic (exact) mass is 567 g/mol. The van der Waals surface area contributed by atoms with E-state index in [9.17, 15) is 18.8 Å². The lowest BCUT2D eigenvalue weighted by atomic mass is 10.0. The number of thiocarbonyl (C=S) groups is 1. The fourth-order valence-electron chi connectivity index (χ4n) is 3.78. The van der Waals surface area contributed by atoms with Crippen molar-refractivity contribution in [2.45, 2.75) is 6.42 Å². The number of hydrogen-bond donors (Lipinski definition) is 0. The highest BCUT2D eigenvalue weighted by Gasteiger charge is 2.32. The Morgan fingerprint density at radius 3 is 2.53 bits per heavy atom. The minimum Gasteiger partial charge on any atom is -0.497 e. The third-order valence-electron chi connectivity index (χ3n) is 5.62. The van der Waals surface area contributed by atoms with E-state index in [2.05, 4.69) is 0 Å². The Kier molecular flexibility index (Phi) is 7.41. The number of carbonyl (C=O) groups excluding carboxylic acids is 2. The van der Waals surface area contributed by atoms with Gasteiger partial charge in [0.25, 0.3) is 5.91 Å². The number of carbonyl (C=O) groups is 2. The summed E-state index contributed by atoms with van der Waals surface area (Å²) in [6.45, 7) is 0.0386.